The van der Waals surface area contributed by atoms with Crippen LogP contribution in [0, 0.1) is 17.6 Å². The topological polar surface area (TPSA) is 97.4 Å². The Morgan fingerprint density at radius 3 is 2.25 bits per heavy atom. The number of nitrogens with one attached hydrogen (secondary N) is 2. The summed E-state index contributed by atoms with van der Waals surface area (Å²) < 4.78 is 61.2. The minimum Gasteiger partial charge on any atom is -0.468 e. The van der Waals surface area contributed by atoms with Crippen molar-refractivity contribution in [2.45, 2.75) is 4.90 Å². The van der Waals surface area contributed by atoms with E-state index in [4.69, 9.17) is 0 Å². The third-order valence-electron chi connectivity index (χ3n) is 4.23. The molecule has 2 N–H and O–H groups in total. The summed E-state index contributed by atoms with van der Waals surface area (Å²) in [5.41, 5.74) is 0.182. The van der Waals surface area contributed by atoms with Gasteiger partial charge in [0.2, 0.25) is 5.95 Å². The number of esters is 1. The first-order valence-corrected chi connectivity index (χ1v) is 10.2. The lowest BCUT2D eigenvalue weighted by molar-refractivity contribution is -0.139. The molecule has 0 fully saturated rings. The number of rotatable bonds is 7. The van der Waals surface area contributed by atoms with Gasteiger partial charge in [-0.1, -0.05) is 12.1 Å². The minimum absolute atomic E-state index is 0.164. The van der Waals surface area contributed by atoms with Crippen molar-refractivity contribution in [2.24, 2.45) is 0 Å². The molecule has 0 saturated heterocycles. The van der Waals surface area contributed by atoms with Gasteiger partial charge in [-0.25, -0.2) is 18.0 Å². The van der Waals surface area contributed by atoms with E-state index in [-0.39, 0.29) is 5.69 Å². The second-order valence-corrected chi connectivity index (χ2v) is 7.55. The molecule has 166 valence electrons. The maximum Gasteiger partial charge on any atom is 0.325 e. The average molecular weight is 463 g/mol. The van der Waals surface area contributed by atoms with E-state index in [9.17, 15) is 27.0 Å². The molecule has 0 aliphatic heterocycles. The molecule has 11 heteroatoms. The molecule has 0 aliphatic carbocycles. The number of amides is 1. The van der Waals surface area contributed by atoms with Crippen LogP contribution in [-0.2, 0) is 20.5 Å². The molecule has 1 amide bonds. The molecule has 2 aromatic carbocycles. The number of hydrogen-bond donors (Lipinski definition) is 2. The van der Waals surface area contributed by atoms with Crippen molar-refractivity contribution >= 4 is 28.5 Å². The summed E-state index contributed by atoms with van der Waals surface area (Å²) in [4.78, 5) is 26.8. The fourth-order valence-corrected chi connectivity index (χ4v) is 3.51. The number of carbonyl (C=O) groups is 2. The molecule has 0 radical (unpaired) electrons. The van der Waals surface area contributed by atoms with Crippen LogP contribution in [0.3, 0.4) is 0 Å². The van der Waals surface area contributed by atoms with Crippen LogP contribution in [0.25, 0.3) is 11.1 Å². The highest BCUT2D eigenvalue weighted by Crippen LogP contribution is 2.23. The third-order valence-corrected chi connectivity index (χ3v) is 5.35. The van der Waals surface area contributed by atoms with Crippen molar-refractivity contribution in [3.63, 3.8) is 0 Å². The molecule has 0 bridgehead atoms. The predicted molar refractivity (Wildman–Crippen MR) is 110 cm³/mol. The second kappa shape index (κ2) is 10.1. The van der Waals surface area contributed by atoms with Crippen LogP contribution in [0.4, 0.5) is 18.9 Å². The SMILES string of the molecule is COC(=O)CNC(=O)c1c(F)cc(NS(=O)c2ccc(-c3ccnc(F)c3)cc2)cc1F. The molecular weight excluding hydrogens is 447 g/mol. The average Bonchev–Trinajstić information content (AvgIpc) is 2.77. The zero-order valence-electron chi connectivity index (χ0n) is 16.5. The molecule has 1 heterocycles. The molecule has 1 aromatic heterocycles. The minimum atomic E-state index is -1.88. The van der Waals surface area contributed by atoms with Gasteiger partial charge < -0.3 is 14.8 Å². The molecule has 3 rings (SSSR count). The van der Waals surface area contributed by atoms with Crippen LogP contribution in [-0.4, -0.2) is 34.7 Å². The molecule has 1 unspecified atom stereocenters. The lowest BCUT2D eigenvalue weighted by Gasteiger charge is -2.11. The van der Waals surface area contributed by atoms with Gasteiger partial charge in [-0.3, -0.25) is 9.59 Å². The molecule has 7 nitrogen and oxygen atoms in total. The van der Waals surface area contributed by atoms with Crippen LogP contribution in [0.15, 0.2) is 59.6 Å². The Morgan fingerprint density at radius 1 is 1.00 bits per heavy atom. The zero-order chi connectivity index (χ0) is 23.3. The maximum atomic E-state index is 14.3. The fraction of sp³-hybridized carbons (Fsp3) is 0.0952. The number of benzene rings is 2. The lowest BCUT2D eigenvalue weighted by Crippen LogP contribution is -2.31. The van der Waals surface area contributed by atoms with Gasteiger partial charge in [0.1, 0.15) is 34.7 Å². The summed E-state index contributed by atoms with van der Waals surface area (Å²) in [6, 6.07) is 10.7. The molecule has 0 aliphatic rings. The number of hydrogen-bond acceptors (Lipinski definition) is 5. The number of aromatic nitrogens is 1. The number of anilines is 1. The number of methoxy groups -OCH3 is 1. The van der Waals surface area contributed by atoms with Crippen molar-refractivity contribution in [1.29, 1.82) is 0 Å². The Kier molecular flexibility index (Phi) is 7.21. The summed E-state index contributed by atoms with van der Waals surface area (Å²) >= 11 is 0. The summed E-state index contributed by atoms with van der Waals surface area (Å²) in [5.74, 6) is -4.97. The van der Waals surface area contributed by atoms with E-state index in [1.807, 2.05) is 5.32 Å². The Labute approximate surface area is 183 Å². The highest BCUT2D eigenvalue weighted by molar-refractivity contribution is 7.86. The quantitative estimate of drug-likeness (QED) is 0.414. The van der Waals surface area contributed by atoms with Crippen molar-refractivity contribution in [3.05, 3.63) is 77.9 Å². The smallest absolute Gasteiger partial charge is 0.325 e. The van der Waals surface area contributed by atoms with E-state index in [0.29, 0.717) is 16.0 Å². The predicted octanol–water partition coefficient (Wildman–Crippen LogP) is 3.20. The maximum absolute atomic E-state index is 14.3. The van der Waals surface area contributed by atoms with Crippen molar-refractivity contribution in [1.82, 2.24) is 10.3 Å². The second-order valence-electron chi connectivity index (χ2n) is 6.34. The number of carbonyl (C=O) groups excluding carboxylic acids is 2. The Hall–Kier alpha value is -3.73. The molecule has 1 atom stereocenters. The zero-order valence-corrected chi connectivity index (χ0v) is 17.3. The van der Waals surface area contributed by atoms with Crippen molar-refractivity contribution in [3.8, 4) is 11.1 Å². The van der Waals surface area contributed by atoms with Crippen LogP contribution in [0.5, 0.6) is 0 Å². The van der Waals surface area contributed by atoms with Gasteiger partial charge in [0.05, 0.1) is 17.7 Å². The Balaban J connectivity index is 1.72. The van der Waals surface area contributed by atoms with Gasteiger partial charge in [-0.2, -0.15) is 4.39 Å². The first-order chi connectivity index (χ1) is 15.3. The first-order valence-electron chi connectivity index (χ1n) is 9.03. The van der Waals surface area contributed by atoms with Crippen LogP contribution in [0.2, 0.25) is 0 Å². The van der Waals surface area contributed by atoms with E-state index in [2.05, 4.69) is 14.4 Å². The van der Waals surface area contributed by atoms with E-state index in [0.717, 1.165) is 19.2 Å². The van der Waals surface area contributed by atoms with Gasteiger partial charge in [-0.05, 0) is 41.5 Å². The Morgan fingerprint density at radius 2 is 1.66 bits per heavy atom. The molecule has 32 heavy (non-hydrogen) atoms. The highest BCUT2D eigenvalue weighted by Gasteiger charge is 2.20. The van der Waals surface area contributed by atoms with Crippen molar-refractivity contribution < 1.29 is 31.7 Å². The summed E-state index contributed by atoms with van der Waals surface area (Å²) in [5, 5.41) is 2.04. The number of nitrogens with zero attached hydrogens (tertiary/aromatic N) is 1. The van der Waals surface area contributed by atoms with Crippen LogP contribution < -0.4 is 10.0 Å². The molecule has 0 saturated carbocycles. The van der Waals surface area contributed by atoms with Crippen LogP contribution >= 0.6 is 0 Å². The number of ether oxygens (including phenoxy) is 1. The Bertz CT molecular complexity index is 1170. The van der Waals surface area contributed by atoms with Gasteiger partial charge in [0, 0.05) is 12.3 Å². The molecule has 0 spiro atoms. The monoisotopic (exact) mass is 463 g/mol. The highest BCUT2D eigenvalue weighted by atomic mass is 32.2. The van der Waals surface area contributed by atoms with E-state index in [1.165, 1.54) is 24.4 Å². The van der Waals surface area contributed by atoms with Gasteiger partial charge in [0.25, 0.3) is 5.91 Å². The summed E-state index contributed by atoms with van der Waals surface area (Å²) in [6.07, 6.45) is 1.32. The van der Waals surface area contributed by atoms with Gasteiger partial charge in [0.15, 0.2) is 0 Å². The fourth-order valence-electron chi connectivity index (χ4n) is 2.68. The van der Waals surface area contributed by atoms with E-state index >= 15 is 0 Å². The van der Waals surface area contributed by atoms with Gasteiger partial charge in [-0.15, -0.1) is 0 Å². The van der Waals surface area contributed by atoms with Gasteiger partial charge >= 0.3 is 5.97 Å². The largest absolute Gasteiger partial charge is 0.468 e. The first kappa shape index (κ1) is 22.9. The van der Waals surface area contributed by atoms with E-state index < -0.39 is 52.6 Å². The van der Waals surface area contributed by atoms with E-state index in [1.54, 1.807) is 18.2 Å². The molecular formula is C21H16F3N3O4S. The third kappa shape index (κ3) is 5.49. The number of pyridine rings is 1. The lowest BCUT2D eigenvalue weighted by atomic mass is 10.1. The van der Waals surface area contributed by atoms with Crippen molar-refractivity contribution in [2.75, 3.05) is 18.4 Å². The summed E-state index contributed by atoms with van der Waals surface area (Å²) in [7, 11) is -0.780. The van der Waals surface area contributed by atoms with Crippen LogP contribution in [0.1, 0.15) is 10.4 Å². The molecule has 3 aromatic rings. The standard InChI is InChI=1S/C21H16F3N3O4S/c1-31-19(28)11-26-21(29)20-16(22)9-14(10-17(20)23)27-32(30)15-4-2-12(3-5-15)13-6-7-25-18(24)8-13/h2-10,27H,11H2,1H3,(H,26,29). The number of halogens is 3. The normalized spacial score (nSPS) is 11.5. The summed E-state index contributed by atoms with van der Waals surface area (Å²) in [6.45, 7) is -0.555.